The van der Waals surface area contributed by atoms with Crippen LogP contribution in [0, 0.1) is 13.8 Å². The van der Waals surface area contributed by atoms with Crippen molar-refractivity contribution in [3.05, 3.63) is 58.3 Å². The van der Waals surface area contributed by atoms with Crippen LogP contribution in [-0.4, -0.2) is 23.6 Å². The number of esters is 1. The van der Waals surface area contributed by atoms with E-state index in [0.717, 1.165) is 16.7 Å². The predicted octanol–water partition coefficient (Wildman–Crippen LogP) is 4.45. The van der Waals surface area contributed by atoms with Crippen LogP contribution in [-0.2, 0) is 4.74 Å². The minimum absolute atomic E-state index is 0.155. The van der Waals surface area contributed by atoms with Gasteiger partial charge < -0.3 is 14.6 Å². The molecule has 1 N–H and O–H groups in total. The van der Waals surface area contributed by atoms with E-state index in [1.54, 1.807) is 13.8 Å². The molecule has 0 unspecified atom stereocenters. The van der Waals surface area contributed by atoms with Gasteiger partial charge in [0.15, 0.2) is 5.69 Å². The van der Waals surface area contributed by atoms with Gasteiger partial charge >= 0.3 is 5.97 Å². The number of nitrogens with one attached hydrogen (secondary N) is 1. The molecule has 0 spiro atoms. The van der Waals surface area contributed by atoms with E-state index in [4.69, 9.17) is 9.26 Å². The quantitative estimate of drug-likeness (QED) is 0.671. The number of anilines is 1. The SMILES string of the molecule is CCOC(=O)c1c(-c2ccc(C)cc2)csc1NC(=O)c1cc(C)on1. The van der Waals surface area contributed by atoms with Crippen LogP contribution in [0.3, 0.4) is 0 Å². The number of aryl methyl sites for hydroxylation is 2. The summed E-state index contributed by atoms with van der Waals surface area (Å²) in [4.78, 5) is 24.9. The number of ether oxygens (including phenoxy) is 1. The lowest BCUT2D eigenvalue weighted by atomic mass is 10.0. The first-order valence-electron chi connectivity index (χ1n) is 8.10. The third kappa shape index (κ3) is 3.67. The number of carbonyl (C=O) groups is 2. The molecular weight excluding hydrogens is 352 g/mol. The number of rotatable bonds is 5. The summed E-state index contributed by atoms with van der Waals surface area (Å²) in [7, 11) is 0. The third-order valence-electron chi connectivity index (χ3n) is 3.72. The highest BCUT2D eigenvalue weighted by molar-refractivity contribution is 7.15. The van der Waals surface area contributed by atoms with Gasteiger partial charge in [0, 0.05) is 17.0 Å². The summed E-state index contributed by atoms with van der Waals surface area (Å²) in [6.07, 6.45) is 0. The molecule has 3 aromatic rings. The molecule has 0 aliphatic rings. The van der Waals surface area contributed by atoms with Gasteiger partial charge in [0.05, 0.1) is 6.61 Å². The van der Waals surface area contributed by atoms with Gasteiger partial charge in [0.1, 0.15) is 16.3 Å². The average Bonchev–Trinajstić information content (AvgIpc) is 3.22. The van der Waals surface area contributed by atoms with Gasteiger partial charge in [-0.3, -0.25) is 4.79 Å². The van der Waals surface area contributed by atoms with Crippen LogP contribution in [0.5, 0.6) is 0 Å². The Hall–Kier alpha value is -2.93. The summed E-state index contributed by atoms with van der Waals surface area (Å²) in [5, 5.41) is 8.69. The second-order valence-electron chi connectivity index (χ2n) is 5.72. The Labute approximate surface area is 154 Å². The first-order valence-corrected chi connectivity index (χ1v) is 8.98. The fraction of sp³-hybridized carbons (Fsp3) is 0.211. The van der Waals surface area contributed by atoms with E-state index in [0.29, 0.717) is 16.3 Å². The van der Waals surface area contributed by atoms with Gasteiger partial charge in [-0.2, -0.15) is 0 Å². The van der Waals surface area contributed by atoms with Crippen LogP contribution in [0.15, 0.2) is 40.2 Å². The van der Waals surface area contributed by atoms with E-state index in [9.17, 15) is 9.59 Å². The molecule has 1 amide bonds. The zero-order chi connectivity index (χ0) is 18.7. The second-order valence-corrected chi connectivity index (χ2v) is 6.60. The number of thiophene rings is 1. The average molecular weight is 370 g/mol. The fourth-order valence-corrected chi connectivity index (χ4v) is 3.39. The molecule has 0 aliphatic carbocycles. The number of hydrogen-bond acceptors (Lipinski definition) is 6. The van der Waals surface area contributed by atoms with Crippen LogP contribution >= 0.6 is 11.3 Å². The molecule has 0 aliphatic heterocycles. The van der Waals surface area contributed by atoms with Crippen LogP contribution in [0.25, 0.3) is 11.1 Å². The standard InChI is InChI=1S/C19H18N2O4S/c1-4-24-19(23)16-14(13-7-5-11(2)6-8-13)10-26-18(16)20-17(22)15-9-12(3)25-21-15/h5-10H,4H2,1-3H3,(H,20,22). The van der Waals surface area contributed by atoms with Gasteiger partial charge in [-0.1, -0.05) is 35.0 Å². The maximum Gasteiger partial charge on any atom is 0.341 e. The first kappa shape index (κ1) is 17.9. The number of nitrogens with zero attached hydrogens (tertiary/aromatic N) is 1. The molecule has 2 aromatic heterocycles. The van der Waals surface area contributed by atoms with E-state index in [1.807, 2.05) is 36.6 Å². The second kappa shape index (κ2) is 7.53. The van der Waals surface area contributed by atoms with Crippen molar-refractivity contribution >= 4 is 28.2 Å². The lowest BCUT2D eigenvalue weighted by Gasteiger charge is -2.08. The van der Waals surface area contributed by atoms with Crippen LogP contribution in [0.4, 0.5) is 5.00 Å². The Morgan fingerprint density at radius 3 is 2.58 bits per heavy atom. The van der Waals surface area contributed by atoms with E-state index < -0.39 is 11.9 Å². The molecule has 7 heteroatoms. The highest BCUT2D eigenvalue weighted by Gasteiger charge is 2.23. The lowest BCUT2D eigenvalue weighted by Crippen LogP contribution is -2.15. The number of aromatic nitrogens is 1. The maximum absolute atomic E-state index is 12.5. The Morgan fingerprint density at radius 1 is 1.23 bits per heavy atom. The minimum Gasteiger partial charge on any atom is -0.462 e. The van der Waals surface area contributed by atoms with E-state index >= 15 is 0 Å². The van der Waals surface area contributed by atoms with Gasteiger partial charge in [0.25, 0.3) is 5.91 Å². The summed E-state index contributed by atoms with van der Waals surface area (Å²) in [6.45, 7) is 5.69. The molecule has 0 saturated carbocycles. The van der Waals surface area contributed by atoms with Crippen molar-refractivity contribution < 1.29 is 18.8 Å². The van der Waals surface area contributed by atoms with Crippen molar-refractivity contribution in [1.29, 1.82) is 0 Å². The number of carbonyl (C=O) groups excluding carboxylic acids is 2. The van der Waals surface area contributed by atoms with Gasteiger partial charge in [-0.15, -0.1) is 11.3 Å². The van der Waals surface area contributed by atoms with Gasteiger partial charge in [0.2, 0.25) is 0 Å². The number of hydrogen-bond donors (Lipinski definition) is 1. The van der Waals surface area contributed by atoms with Crippen molar-refractivity contribution in [3.63, 3.8) is 0 Å². The minimum atomic E-state index is -0.476. The molecule has 0 fully saturated rings. The molecule has 6 nitrogen and oxygen atoms in total. The van der Waals surface area contributed by atoms with Crippen molar-refractivity contribution in [3.8, 4) is 11.1 Å². The molecule has 0 bridgehead atoms. The van der Waals surface area contributed by atoms with E-state index in [-0.39, 0.29) is 12.3 Å². The predicted molar refractivity (Wildman–Crippen MR) is 99.6 cm³/mol. The number of benzene rings is 1. The summed E-state index contributed by atoms with van der Waals surface area (Å²) in [5.41, 5.74) is 3.22. The molecule has 0 radical (unpaired) electrons. The monoisotopic (exact) mass is 370 g/mol. The van der Waals surface area contributed by atoms with Crippen LogP contribution in [0.2, 0.25) is 0 Å². The Balaban J connectivity index is 1.98. The van der Waals surface area contributed by atoms with Crippen LogP contribution in [0.1, 0.15) is 39.1 Å². The van der Waals surface area contributed by atoms with E-state index in [1.165, 1.54) is 17.4 Å². The summed E-state index contributed by atoms with van der Waals surface area (Å²) >= 11 is 1.27. The Bertz CT molecular complexity index is 941. The third-order valence-corrected chi connectivity index (χ3v) is 4.62. The summed E-state index contributed by atoms with van der Waals surface area (Å²) in [5.74, 6) is -0.382. The molecular formula is C19H18N2O4S. The molecule has 134 valence electrons. The van der Waals surface area contributed by atoms with Crippen molar-refractivity contribution in [1.82, 2.24) is 5.16 Å². The highest BCUT2D eigenvalue weighted by atomic mass is 32.1. The summed E-state index contributed by atoms with van der Waals surface area (Å²) in [6, 6.07) is 9.35. The van der Waals surface area contributed by atoms with E-state index in [2.05, 4.69) is 10.5 Å². The largest absolute Gasteiger partial charge is 0.462 e. The Morgan fingerprint density at radius 2 is 1.96 bits per heavy atom. The van der Waals surface area contributed by atoms with Crippen molar-refractivity contribution in [2.75, 3.05) is 11.9 Å². The number of amides is 1. The molecule has 26 heavy (non-hydrogen) atoms. The smallest absolute Gasteiger partial charge is 0.341 e. The Kier molecular flexibility index (Phi) is 5.18. The van der Waals surface area contributed by atoms with Gasteiger partial charge in [-0.05, 0) is 26.3 Å². The molecule has 0 saturated heterocycles. The topological polar surface area (TPSA) is 81.4 Å². The van der Waals surface area contributed by atoms with Crippen molar-refractivity contribution in [2.45, 2.75) is 20.8 Å². The molecule has 3 rings (SSSR count). The molecule has 1 aromatic carbocycles. The zero-order valence-electron chi connectivity index (χ0n) is 14.7. The highest BCUT2D eigenvalue weighted by Crippen LogP contribution is 2.36. The van der Waals surface area contributed by atoms with Gasteiger partial charge in [-0.25, -0.2) is 4.79 Å². The van der Waals surface area contributed by atoms with Crippen molar-refractivity contribution in [2.24, 2.45) is 0 Å². The lowest BCUT2D eigenvalue weighted by molar-refractivity contribution is 0.0529. The van der Waals surface area contributed by atoms with Crippen LogP contribution < -0.4 is 5.32 Å². The molecule has 2 heterocycles. The normalized spacial score (nSPS) is 10.6. The zero-order valence-corrected chi connectivity index (χ0v) is 15.5. The summed E-state index contributed by atoms with van der Waals surface area (Å²) < 4.78 is 10.1. The fourth-order valence-electron chi connectivity index (χ4n) is 2.44. The maximum atomic E-state index is 12.5. The first-order chi connectivity index (χ1) is 12.5. The molecule has 0 atom stereocenters.